The van der Waals surface area contributed by atoms with E-state index in [1.165, 1.54) is 37.4 Å². The number of nitrogens with zero attached hydrogens (tertiary/aromatic N) is 1. The second-order valence-electron chi connectivity index (χ2n) is 5.54. The third-order valence-corrected chi connectivity index (χ3v) is 4.62. The summed E-state index contributed by atoms with van der Waals surface area (Å²) in [5, 5.41) is 14.3. The minimum Gasteiger partial charge on any atom is -0.495 e. The zero-order chi connectivity index (χ0) is 19.6. The molecule has 0 aliphatic rings. The van der Waals surface area contributed by atoms with Gasteiger partial charge in [-0.05, 0) is 30.3 Å². The van der Waals surface area contributed by atoms with E-state index in [-0.39, 0.29) is 22.0 Å². The number of anilines is 1. The van der Waals surface area contributed by atoms with Gasteiger partial charge in [-0.3, -0.25) is 9.89 Å². The normalized spacial score (nSPS) is 11.2. The molecule has 0 aliphatic heterocycles. The van der Waals surface area contributed by atoms with Crippen LogP contribution >= 0.6 is 0 Å². The summed E-state index contributed by atoms with van der Waals surface area (Å²) in [7, 11) is -2.78. The molecule has 8 nitrogen and oxygen atoms in total. The summed E-state index contributed by atoms with van der Waals surface area (Å²) in [6.07, 6.45) is 0. The molecule has 4 N–H and O–H groups in total. The summed E-state index contributed by atoms with van der Waals surface area (Å²) < 4.78 is 41.6. The van der Waals surface area contributed by atoms with Crippen LogP contribution in [-0.2, 0) is 10.0 Å². The van der Waals surface area contributed by atoms with Crippen LogP contribution in [0.4, 0.5) is 10.2 Å². The Morgan fingerprint density at radius 1 is 1.22 bits per heavy atom. The lowest BCUT2D eigenvalue weighted by Gasteiger charge is -2.08. The largest absolute Gasteiger partial charge is 0.495 e. The summed E-state index contributed by atoms with van der Waals surface area (Å²) in [6, 6.07) is 11.2. The molecule has 1 amide bonds. The van der Waals surface area contributed by atoms with Crippen molar-refractivity contribution in [3.05, 3.63) is 59.9 Å². The third kappa shape index (κ3) is 4.13. The number of H-pyrrole nitrogens is 1. The molecule has 0 spiro atoms. The van der Waals surface area contributed by atoms with Crippen LogP contribution in [0.15, 0.2) is 53.4 Å². The Balaban J connectivity index is 1.84. The Morgan fingerprint density at radius 3 is 2.67 bits per heavy atom. The lowest BCUT2D eigenvalue weighted by atomic mass is 10.1. The number of nitrogens with one attached hydrogen (secondary N) is 2. The Hall–Kier alpha value is -3.24. The van der Waals surface area contributed by atoms with Gasteiger partial charge in [0.2, 0.25) is 10.0 Å². The molecule has 140 valence electrons. The number of aromatic amines is 1. The van der Waals surface area contributed by atoms with Crippen LogP contribution in [0, 0.1) is 5.82 Å². The minimum atomic E-state index is -4.07. The number of rotatable bonds is 5. The van der Waals surface area contributed by atoms with Crippen LogP contribution in [0.1, 0.15) is 10.4 Å². The predicted octanol–water partition coefficient (Wildman–Crippen LogP) is 2.12. The number of amides is 1. The number of aromatic nitrogens is 2. The molecule has 1 heterocycles. The fourth-order valence-corrected chi connectivity index (χ4v) is 3.14. The number of hydrogen-bond donors (Lipinski definition) is 3. The Labute approximate surface area is 154 Å². The molecule has 0 saturated carbocycles. The molecule has 0 radical (unpaired) electrons. The maximum atomic E-state index is 13.3. The zero-order valence-corrected chi connectivity index (χ0v) is 14.9. The standard InChI is InChI=1S/C17H15FN4O4S/c1-26-14-6-5-11(8-15(14)27(19,24)25)17(23)20-16-9-13(21-22-16)10-3-2-4-12(18)7-10/h2-9H,1H3,(H2,19,24,25)(H2,20,21,22,23). The number of carbonyl (C=O) groups is 1. The second-order valence-corrected chi connectivity index (χ2v) is 7.07. The highest BCUT2D eigenvalue weighted by Crippen LogP contribution is 2.25. The predicted molar refractivity (Wildman–Crippen MR) is 96.3 cm³/mol. The van der Waals surface area contributed by atoms with Crippen molar-refractivity contribution < 1.29 is 22.3 Å². The number of primary sulfonamides is 1. The molecule has 0 atom stereocenters. The van der Waals surface area contributed by atoms with Crippen molar-refractivity contribution in [1.82, 2.24) is 10.2 Å². The molecule has 0 unspecified atom stereocenters. The Kier molecular flexibility index (Phi) is 4.93. The SMILES string of the molecule is COc1ccc(C(=O)Nc2cc(-c3cccc(F)c3)[nH]n2)cc1S(N)(=O)=O. The smallest absolute Gasteiger partial charge is 0.256 e. The van der Waals surface area contributed by atoms with Crippen LogP contribution in [-0.4, -0.2) is 31.6 Å². The average Bonchev–Trinajstić information content (AvgIpc) is 3.09. The second kappa shape index (κ2) is 7.17. The van der Waals surface area contributed by atoms with Crippen molar-refractivity contribution in [2.45, 2.75) is 4.90 Å². The van der Waals surface area contributed by atoms with E-state index in [9.17, 15) is 17.6 Å². The van der Waals surface area contributed by atoms with Gasteiger partial charge >= 0.3 is 0 Å². The van der Waals surface area contributed by atoms with Gasteiger partial charge in [0.25, 0.3) is 5.91 Å². The number of carbonyl (C=O) groups excluding carboxylic acids is 1. The highest BCUT2D eigenvalue weighted by Gasteiger charge is 2.18. The summed E-state index contributed by atoms with van der Waals surface area (Å²) in [6.45, 7) is 0. The first-order chi connectivity index (χ1) is 12.8. The summed E-state index contributed by atoms with van der Waals surface area (Å²) in [5.74, 6) is -0.782. The van der Waals surface area contributed by atoms with Crippen molar-refractivity contribution in [3.63, 3.8) is 0 Å². The number of halogens is 1. The molecule has 0 bridgehead atoms. The van der Waals surface area contributed by atoms with E-state index in [0.717, 1.165) is 6.07 Å². The van der Waals surface area contributed by atoms with Crippen molar-refractivity contribution in [3.8, 4) is 17.0 Å². The van der Waals surface area contributed by atoms with Gasteiger partial charge in [0.1, 0.15) is 16.5 Å². The fourth-order valence-electron chi connectivity index (χ4n) is 2.42. The fraction of sp³-hybridized carbons (Fsp3) is 0.0588. The molecule has 0 fully saturated rings. The first kappa shape index (κ1) is 18.5. The quantitative estimate of drug-likeness (QED) is 0.615. The first-order valence-corrected chi connectivity index (χ1v) is 9.16. The van der Waals surface area contributed by atoms with Gasteiger partial charge in [-0.15, -0.1) is 0 Å². The van der Waals surface area contributed by atoms with Crippen LogP contribution in [0.3, 0.4) is 0 Å². The van der Waals surface area contributed by atoms with E-state index in [4.69, 9.17) is 9.88 Å². The number of ether oxygens (including phenoxy) is 1. The van der Waals surface area contributed by atoms with E-state index in [0.29, 0.717) is 11.3 Å². The highest BCUT2D eigenvalue weighted by atomic mass is 32.2. The van der Waals surface area contributed by atoms with E-state index in [1.807, 2.05) is 0 Å². The molecule has 1 aromatic heterocycles. The lowest BCUT2D eigenvalue weighted by molar-refractivity contribution is 0.102. The summed E-state index contributed by atoms with van der Waals surface area (Å²) >= 11 is 0. The third-order valence-electron chi connectivity index (χ3n) is 3.69. The van der Waals surface area contributed by atoms with Gasteiger partial charge in [0, 0.05) is 17.2 Å². The Bertz CT molecular complexity index is 1110. The molecule has 27 heavy (non-hydrogen) atoms. The number of methoxy groups -OCH3 is 1. The van der Waals surface area contributed by atoms with Crippen LogP contribution in [0.2, 0.25) is 0 Å². The number of benzene rings is 2. The molecule has 0 saturated heterocycles. The monoisotopic (exact) mass is 390 g/mol. The summed E-state index contributed by atoms with van der Waals surface area (Å²) in [4.78, 5) is 12.1. The van der Waals surface area contributed by atoms with E-state index in [1.54, 1.807) is 12.1 Å². The molecule has 10 heteroatoms. The van der Waals surface area contributed by atoms with Crippen LogP contribution in [0.25, 0.3) is 11.3 Å². The number of nitrogens with two attached hydrogens (primary N) is 1. The number of hydrogen-bond acceptors (Lipinski definition) is 5. The molecular formula is C17H15FN4O4S. The van der Waals surface area contributed by atoms with E-state index < -0.39 is 21.7 Å². The van der Waals surface area contributed by atoms with Crippen LogP contribution < -0.4 is 15.2 Å². The minimum absolute atomic E-state index is 0.0298. The van der Waals surface area contributed by atoms with Crippen molar-refractivity contribution in [2.24, 2.45) is 5.14 Å². The molecule has 0 aliphatic carbocycles. The van der Waals surface area contributed by atoms with Gasteiger partial charge in [-0.2, -0.15) is 5.10 Å². The van der Waals surface area contributed by atoms with E-state index >= 15 is 0 Å². The zero-order valence-electron chi connectivity index (χ0n) is 14.1. The van der Waals surface area contributed by atoms with Gasteiger partial charge in [-0.1, -0.05) is 12.1 Å². The van der Waals surface area contributed by atoms with Gasteiger partial charge < -0.3 is 10.1 Å². The van der Waals surface area contributed by atoms with Crippen molar-refractivity contribution >= 4 is 21.7 Å². The van der Waals surface area contributed by atoms with Crippen molar-refractivity contribution in [1.29, 1.82) is 0 Å². The number of sulfonamides is 1. The van der Waals surface area contributed by atoms with E-state index in [2.05, 4.69) is 15.5 Å². The van der Waals surface area contributed by atoms with Gasteiger partial charge in [0.15, 0.2) is 5.82 Å². The van der Waals surface area contributed by atoms with Crippen molar-refractivity contribution in [2.75, 3.05) is 12.4 Å². The summed E-state index contributed by atoms with van der Waals surface area (Å²) in [5.41, 5.74) is 1.11. The Morgan fingerprint density at radius 2 is 2.00 bits per heavy atom. The lowest BCUT2D eigenvalue weighted by Crippen LogP contribution is -2.17. The first-order valence-electron chi connectivity index (χ1n) is 7.61. The van der Waals surface area contributed by atoms with Crippen LogP contribution in [0.5, 0.6) is 5.75 Å². The van der Waals surface area contributed by atoms with Gasteiger partial charge in [0.05, 0.1) is 12.8 Å². The maximum Gasteiger partial charge on any atom is 0.256 e. The van der Waals surface area contributed by atoms with Gasteiger partial charge in [-0.25, -0.2) is 17.9 Å². The molecular weight excluding hydrogens is 375 g/mol. The maximum absolute atomic E-state index is 13.3. The molecule has 3 rings (SSSR count). The molecule has 2 aromatic carbocycles. The topological polar surface area (TPSA) is 127 Å². The highest BCUT2D eigenvalue weighted by molar-refractivity contribution is 7.89. The average molecular weight is 390 g/mol. The molecule has 3 aromatic rings.